The van der Waals surface area contributed by atoms with Crippen LogP contribution in [0.5, 0.6) is 0 Å². The largest absolute Gasteiger partial charge is 0.379 e. The van der Waals surface area contributed by atoms with Gasteiger partial charge in [0.2, 0.25) is 0 Å². The summed E-state index contributed by atoms with van der Waals surface area (Å²) in [5.74, 6) is 0.0650. The van der Waals surface area contributed by atoms with Crippen molar-refractivity contribution in [2.45, 2.75) is 211 Å². The molecule has 1 aliphatic carbocycles. The molecule has 0 aromatic heterocycles. The number of ether oxygens (including phenoxy) is 3. The molecule has 1 aliphatic heterocycles. The van der Waals surface area contributed by atoms with Crippen molar-refractivity contribution >= 4 is 0 Å². The van der Waals surface area contributed by atoms with Crippen LogP contribution in [0.25, 0.3) is 0 Å². The smallest absolute Gasteiger partial charge is 0.169 e. The lowest BCUT2D eigenvalue weighted by Crippen LogP contribution is -2.35. The number of hydrogen-bond donors (Lipinski definition) is 0. The van der Waals surface area contributed by atoms with E-state index in [1.165, 1.54) is 141 Å². The molecule has 1 saturated heterocycles. The minimum absolute atomic E-state index is 0.0826. The molecule has 0 N–H and O–H groups in total. The quantitative estimate of drug-likeness (QED) is 0.0504. The highest BCUT2D eigenvalue weighted by Crippen LogP contribution is 2.47. The molecule has 2 unspecified atom stereocenters. The van der Waals surface area contributed by atoms with Crippen molar-refractivity contribution in [1.29, 1.82) is 0 Å². The summed E-state index contributed by atoms with van der Waals surface area (Å²) in [6.45, 7) is 5.58. The normalized spacial score (nSPS) is 24.0. The first-order valence-corrected chi connectivity index (χ1v) is 21.7. The van der Waals surface area contributed by atoms with Gasteiger partial charge >= 0.3 is 0 Å². The van der Waals surface area contributed by atoms with Crippen LogP contribution in [0.4, 0.5) is 0 Å². The minimum Gasteiger partial charge on any atom is -0.379 e. The highest BCUT2D eigenvalue weighted by Gasteiger charge is 2.56. The molecule has 2 rings (SSSR count). The summed E-state index contributed by atoms with van der Waals surface area (Å²) in [7, 11) is 6.20. The number of fused-ring (bicyclic) bond motifs is 1. The van der Waals surface area contributed by atoms with Gasteiger partial charge in [0.15, 0.2) is 5.79 Å². The van der Waals surface area contributed by atoms with Crippen LogP contribution in [0.2, 0.25) is 0 Å². The Morgan fingerprint density at radius 1 is 0.540 bits per heavy atom. The first-order chi connectivity index (χ1) is 24.5. The van der Waals surface area contributed by atoms with Gasteiger partial charge in [0.1, 0.15) is 6.10 Å². The topological polar surface area (TPSA) is 30.9 Å². The molecular formula is C46H83NO3. The summed E-state index contributed by atoms with van der Waals surface area (Å²) in [5, 5.41) is 0. The van der Waals surface area contributed by atoms with Crippen LogP contribution < -0.4 is 0 Å². The lowest BCUT2D eigenvalue weighted by atomic mass is 9.98. The molecule has 0 amide bonds. The molecular weight excluding hydrogens is 615 g/mol. The zero-order valence-corrected chi connectivity index (χ0v) is 33.9. The summed E-state index contributed by atoms with van der Waals surface area (Å²) >= 11 is 0. The van der Waals surface area contributed by atoms with E-state index in [9.17, 15) is 0 Å². The molecule has 0 radical (unpaired) electrons. The Balaban J connectivity index is 1.66. The Bertz CT molecular complexity index is 844. The number of rotatable bonds is 33. The third-order valence-corrected chi connectivity index (χ3v) is 10.8. The molecule has 4 heteroatoms. The van der Waals surface area contributed by atoms with Crippen LogP contribution in [-0.4, -0.2) is 56.7 Å². The third kappa shape index (κ3) is 20.7. The zero-order chi connectivity index (χ0) is 36.0. The second kappa shape index (κ2) is 30.3. The maximum Gasteiger partial charge on any atom is 0.169 e. The number of nitrogens with zero attached hydrogens (tertiary/aromatic N) is 1. The van der Waals surface area contributed by atoms with Crippen molar-refractivity contribution in [3.63, 3.8) is 0 Å². The molecule has 2 fully saturated rings. The Morgan fingerprint density at radius 2 is 0.940 bits per heavy atom. The van der Waals surface area contributed by atoms with Crippen molar-refractivity contribution in [3.8, 4) is 0 Å². The van der Waals surface area contributed by atoms with Crippen molar-refractivity contribution in [1.82, 2.24) is 4.90 Å². The fraction of sp³-hybridized carbons (Fsp3) is 0.826. The van der Waals surface area contributed by atoms with Crippen LogP contribution >= 0.6 is 0 Å². The van der Waals surface area contributed by atoms with Crippen LogP contribution in [0, 0.1) is 5.92 Å². The first-order valence-electron chi connectivity index (χ1n) is 21.7. The van der Waals surface area contributed by atoms with Gasteiger partial charge in [-0.3, -0.25) is 0 Å². The van der Waals surface area contributed by atoms with Gasteiger partial charge in [-0.1, -0.05) is 140 Å². The van der Waals surface area contributed by atoms with Crippen molar-refractivity contribution in [2.24, 2.45) is 5.92 Å². The van der Waals surface area contributed by atoms with E-state index in [0.717, 1.165) is 38.6 Å². The Morgan fingerprint density at radius 3 is 1.36 bits per heavy atom. The van der Waals surface area contributed by atoms with E-state index in [0.29, 0.717) is 5.92 Å². The predicted octanol–water partition coefficient (Wildman–Crippen LogP) is 13.5. The second-order valence-corrected chi connectivity index (χ2v) is 15.8. The summed E-state index contributed by atoms with van der Waals surface area (Å²) in [6.07, 6.45) is 53.0. The highest BCUT2D eigenvalue weighted by atomic mass is 16.8. The second-order valence-electron chi connectivity index (χ2n) is 15.8. The van der Waals surface area contributed by atoms with E-state index in [1.54, 1.807) is 0 Å². The van der Waals surface area contributed by atoms with Gasteiger partial charge in [-0.05, 0) is 97.6 Å². The van der Waals surface area contributed by atoms with Crippen LogP contribution in [0.1, 0.15) is 187 Å². The molecule has 2 aliphatic rings. The van der Waals surface area contributed by atoms with Gasteiger partial charge in [0, 0.05) is 32.4 Å². The number of allylic oxidation sites excluding steroid dienone is 8. The molecule has 0 spiro atoms. The first kappa shape index (κ1) is 45.0. The van der Waals surface area contributed by atoms with E-state index in [4.69, 9.17) is 14.2 Å². The number of unbranched alkanes of at least 4 members (excludes halogenated alkanes) is 18. The zero-order valence-electron chi connectivity index (χ0n) is 33.9. The maximum absolute atomic E-state index is 7.01. The molecule has 0 aromatic rings. The maximum atomic E-state index is 7.01. The van der Waals surface area contributed by atoms with E-state index in [-0.39, 0.29) is 18.3 Å². The average molecular weight is 698 g/mol. The Hall–Kier alpha value is -1.20. The number of methoxy groups -OCH3 is 1. The predicted molar refractivity (Wildman–Crippen MR) is 218 cm³/mol. The van der Waals surface area contributed by atoms with E-state index in [1.807, 2.05) is 7.11 Å². The summed E-state index contributed by atoms with van der Waals surface area (Å²) < 4.78 is 19.9. The van der Waals surface area contributed by atoms with Gasteiger partial charge in [-0.25, -0.2) is 0 Å². The molecule has 0 aromatic carbocycles. The monoisotopic (exact) mass is 698 g/mol. The van der Waals surface area contributed by atoms with Crippen molar-refractivity contribution in [3.05, 3.63) is 48.6 Å². The summed E-state index contributed by atoms with van der Waals surface area (Å²) in [6, 6.07) is 0. The summed E-state index contributed by atoms with van der Waals surface area (Å²) in [4.78, 5) is 2.30. The standard InChI is InChI=1S/C46H83NO3/c1-6-8-10-12-14-16-18-20-22-24-26-28-30-32-34-36-38-46(49-44-42(41-47(3)4)40-43(48-5)45(44)50-46)39-37-35-33-31-29-27-25-23-21-19-17-15-13-11-9-7-2/h14-17,20-23,42-45H,6-13,18-19,24-41H2,1-5H3/t42-,43?,44-,45?,46?/m0/s1. The molecule has 50 heavy (non-hydrogen) atoms. The molecule has 0 bridgehead atoms. The van der Waals surface area contributed by atoms with Gasteiger partial charge < -0.3 is 19.1 Å². The van der Waals surface area contributed by atoms with Crippen molar-refractivity contribution in [2.75, 3.05) is 27.7 Å². The van der Waals surface area contributed by atoms with Gasteiger partial charge in [-0.2, -0.15) is 0 Å². The molecule has 4 atom stereocenters. The van der Waals surface area contributed by atoms with Gasteiger partial charge in [-0.15, -0.1) is 0 Å². The molecule has 1 heterocycles. The summed E-state index contributed by atoms with van der Waals surface area (Å²) in [5.41, 5.74) is 0. The fourth-order valence-electron chi connectivity index (χ4n) is 7.88. The third-order valence-electron chi connectivity index (χ3n) is 10.8. The van der Waals surface area contributed by atoms with Gasteiger partial charge in [0.05, 0.1) is 12.2 Å². The Kier molecular flexibility index (Phi) is 27.2. The van der Waals surface area contributed by atoms with E-state index in [2.05, 4.69) is 81.5 Å². The SMILES string of the molecule is CCCCCC=CCC=CCCCCCCCCC1(CCCCCCCCC=CCC=CCCCCC)OC2C(OC)C[C@@H](CN(C)C)[C@@H]2O1. The van der Waals surface area contributed by atoms with Crippen LogP contribution in [0.15, 0.2) is 48.6 Å². The minimum atomic E-state index is -0.415. The lowest BCUT2D eigenvalue weighted by Gasteiger charge is -2.31. The van der Waals surface area contributed by atoms with Crippen molar-refractivity contribution < 1.29 is 14.2 Å². The molecule has 4 nitrogen and oxygen atoms in total. The fourth-order valence-corrected chi connectivity index (χ4v) is 7.88. The average Bonchev–Trinajstić information content (AvgIpc) is 3.63. The Labute approximate surface area is 311 Å². The van der Waals surface area contributed by atoms with E-state index < -0.39 is 5.79 Å². The molecule has 1 saturated carbocycles. The van der Waals surface area contributed by atoms with Crippen LogP contribution in [0.3, 0.4) is 0 Å². The van der Waals surface area contributed by atoms with E-state index >= 15 is 0 Å². The van der Waals surface area contributed by atoms with Gasteiger partial charge in [0.25, 0.3) is 0 Å². The molecule has 290 valence electrons. The lowest BCUT2D eigenvalue weighted by molar-refractivity contribution is -0.204. The van der Waals surface area contributed by atoms with Crippen LogP contribution in [-0.2, 0) is 14.2 Å². The number of hydrogen-bond acceptors (Lipinski definition) is 4. The highest BCUT2D eigenvalue weighted by molar-refractivity contribution is 5.01.